The Hall–Kier alpha value is 0.100. The predicted octanol–water partition coefficient (Wildman–Crippen LogP) is 4.83. The van der Waals surface area contributed by atoms with E-state index in [2.05, 4.69) is 6.92 Å². The van der Waals surface area contributed by atoms with Crippen LogP contribution in [0.25, 0.3) is 0 Å². The largest absolute Gasteiger partial charge is 0.288 e. The van der Waals surface area contributed by atoms with E-state index in [0.717, 1.165) is 5.92 Å². The second-order valence-electron chi connectivity index (χ2n) is 4.46. The maximum atomic E-state index is 9.59. The van der Waals surface area contributed by atoms with Gasteiger partial charge in [0.05, 0.1) is 7.80 Å². The van der Waals surface area contributed by atoms with E-state index >= 15 is 0 Å². The first-order chi connectivity index (χ1) is 6.66. The van der Waals surface area contributed by atoms with Crippen LogP contribution in [0.15, 0.2) is 0 Å². The first-order valence-electron chi connectivity index (χ1n) is 6.01. The molecule has 1 radical (unpaired) electrons. The second kappa shape index (κ2) is 9.65. The van der Waals surface area contributed by atoms with Crippen molar-refractivity contribution in [3.63, 3.8) is 0 Å². The number of hydrogen-bond donors (Lipinski definition) is 0. The summed E-state index contributed by atoms with van der Waals surface area (Å²) in [5.41, 5.74) is 0. The highest BCUT2D eigenvalue weighted by atomic mass is 31.1. The third-order valence-corrected chi connectivity index (χ3v) is 2.69. The van der Waals surface area contributed by atoms with Crippen molar-refractivity contribution in [2.24, 2.45) is 5.92 Å². The third-order valence-electron chi connectivity index (χ3n) is 2.69. The minimum Gasteiger partial charge on any atom is -0.288 e. The van der Waals surface area contributed by atoms with Crippen LogP contribution >= 0.6 is 7.80 Å². The van der Waals surface area contributed by atoms with Gasteiger partial charge in [-0.1, -0.05) is 58.3 Å². The molecule has 1 aliphatic rings. The molecule has 1 aliphatic carbocycles. The number of unbranched alkanes of at least 4 members (excludes halogenated alkanes) is 3. The van der Waals surface area contributed by atoms with Gasteiger partial charge in [-0.25, -0.2) is 0 Å². The van der Waals surface area contributed by atoms with Crippen LogP contribution in [0.2, 0.25) is 0 Å². The van der Waals surface area contributed by atoms with E-state index in [4.69, 9.17) is 0 Å². The lowest BCUT2D eigenvalue weighted by Crippen LogP contribution is -2.10. The average molecular weight is 217 g/mol. The molecule has 0 amide bonds. The van der Waals surface area contributed by atoms with Gasteiger partial charge in [0.15, 0.2) is 0 Å². The molecular formula is C12H26OP. The van der Waals surface area contributed by atoms with Gasteiger partial charge in [-0.05, 0) is 5.92 Å². The minimum absolute atomic E-state index is 0.870. The summed E-state index contributed by atoms with van der Waals surface area (Å²) in [5.74, 6) is 1.14. The van der Waals surface area contributed by atoms with E-state index in [1.807, 2.05) is 0 Å². The van der Waals surface area contributed by atoms with Crippen molar-refractivity contribution >= 4 is 7.80 Å². The van der Waals surface area contributed by atoms with Crippen LogP contribution in [0.1, 0.15) is 58.3 Å². The van der Waals surface area contributed by atoms with E-state index in [1.54, 1.807) is 13.3 Å². The van der Waals surface area contributed by atoms with Crippen molar-refractivity contribution in [1.82, 2.24) is 0 Å². The Morgan fingerprint density at radius 3 is 2.07 bits per heavy atom. The van der Waals surface area contributed by atoms with E-state index < -0.39 is 7.80 Å². The zero-order valence-electron chi connectivity index (χ0n) is 10.1. The molecule has 0 aliphatic heterocycles. The van der Waals surface area contributed by atoms with Crippen LogP contribution in [0.5, 0.6) is 0 Å². The molecule has 2 heteroatoms. The average Bonchev–Trinajstić information content (AvgIpc) is 2.00. The summed E-state index contributed by atoms with van der Waals surface area (Å²) in [6, 6.07) is 0. The molecule has 0 atom stereocenters. The van der Waals surface area contributed by atoms with E-state index in [1.165, 1.54) is 51.4 Å². The molecule has 85 valence electrons. The van der Waals surface area contributed by atoms with Crippen LogP contribution in [0.4, 0.5) is 0 Å². The molecule has 0 saturated heterocycles. The summed E-state index contributed by atoms with van der Waals surface area (Å²) in [6.07, 6.45) is 11.9. The Bertz CT molecular complexity index is 137. The maximum absolute atomic E-state index is 9.59. The highest BCUT2D eigenvalue weighted by Crippen LogP contribution is 2.30. The van der Waals surface area contributed by atoms with Crippen LogP contribution in [-0.2, 0) is 4.57 Å². The number of rotatable bonds is 5. The summed E-state index contributed by atoms with van der Waals surface area (Å²) >= 11 is 0. The Kier molecular flexibility index (Phi) is 9.72. The van der Waals surface area contributed by atoms with Crippen molar-refractivity contribution < 1.29 is 4.57 Å². The lowest BCUT2D eigenvalue weighted by molar-refractivity contribution is 0.286. The van der Waals surface area contributed by atoms with E-state index in [-0.39, 0.29) is 0 Å². The second-order valence-corrected chi connectivity index (χ2v) is 6.08. The van der Waals surface area contributed by atoms with Crippen LogP contribution < -0.4 is 0 Å². The Morgan fingerprint density at radius 1 is 1.14 bits per heavy atom. The van der Waals surface area contributed by atoms with Crippen molar-refractivity contribution in [2.75, 3.05) is 13.3 Å². The lowest BCUT2D eigenvalue weighted by atomic mass is 9.82. The molecule has 0 bridgehead atoms. The maximum Gasteiger partial charge on any atom is 0.0655 e. The predicted molar refractivity (Wildman–Crippen MR) is 65.6 cm³/mol. The van der Waals surface area contributed by atoms with E-state index in [9.17, 15) is 4.57 Å². The molecule has 0 heterocycles. The zero-order chi connectivity index (χ0) is 10.8. The first-order valence-corrected chi connectivity index (χ1v) is 8.16. The summed E-state index contributed by atoms with van der Waals surface area (Å²) in [6.45, 7) is 5.63. The van der Waals surface area contributed by atoms with Gasteiger partial charge >= 0.3 is 0 Å². The fraction of sp³-hybridized carbons (Fsp3) is 1.00. The monoisotopic (exact) mass is 217 g/mol. The molecule has 1 fully saturated rings. The standard InChI is InChI=1S/C10H20.C2H6OP/c1-2-3-4-5-7-10-8-6-9-10;1-4(2)3/h10H,2-9H2,1H3;1-2H3. The van der Waals surface area contributed by atoms with Crippen LogP contribution in [-0.4, -0.2) is 13.3 Å². The molecule has 1 rings (SSSR count). The van der Waals surface area contributed by atoms with Gasteiger partial charge in [0.25, 0.3) is 0 Å². The zero-order valence-corrected chi connectivity index (χ0v) is 11.0. The highest BCUT2D eigenvalue weighted by Gasteiger charge is 2.15. The summed E-state index contributed by atoms with van der Waals surface area (Å²) in [7, 11) is -0.870. The molecule has 0 aromatic carbocycles. The van der Waals surface area contributed by atoms with Gasteiger partial charge in [0.1, 0.15) is 0 Å². The van der Waals surface area contributed by atoms with Crippen LogP contribution in [0, 0.1) is 5.92 Å². The molecule has 1 nitrogen and oxygen atoms in total. The quantitative estimate of drug-likeness (QED) is 0.476. The molecule has 0 N–H and O–H groups in total. The number of hydrogen-bond acceptors (Lipinski definition) is 1. The van der Waals surface area contributed by atoms with Gasteiger partial charge in [-0.3, -0.25) is 4.57 Å². The molecule has 0 spiro atoms. The molecule has 0 aromatic heterocycles. The van der Waals surface area contributed by atoms with Gasteiger partial charge in [-0.2, -0.15) is 0 Å². The molecule has 0 unspecified atom stereocenters. The van der Waals surface area contributed by atoms with Crippen molar-refractivity contribution in [2.45, 2.75) is 58.3 Å². The fourth-order valence-electron chi connectivity index (χ4n) is 1.64. The Labute approximate surface area is 90.5 Å². The van der Waals surface area contributed by atoms with Crippen molar-refractivity contribution in [1.29, 1.82) is 0 Å². The molecule has 0 aromatic rings. The minimum atomic E-state index is -0.870. The van der Waals surface area contributed by atoms with Crippen molar-refractivity contribution in [3.8, 4) is 0 Å². The smallest absolute Gasteiger partial charge is 0.0655 e. The fourth-order valence-corrected chi connectivity index (χ4v) is 1.64. The normalized spacial score (nSPS) is 15.4. The van der Waals surface area contributed by atoms with Gasteiger partial charge < -0.3 is 0 Å². The summed E-state index contributed by atoms with van der Waals surface area (Å²) in [5, 5.41) is 0. The highest BCUT2D eigenvalue weighted by molar-refractivity contribution is 7.42. The molecule has 14 heavy (non-hydrogen) atoms. The van der Waals surface area contributed by atoms with Crippen molar-refractivity contribution in [3.05, 3.63) is 0 Å². The molecule has 1 saturated carbocycles. The Balaban J connectivity index is 0.000000364. The van der Waals surface area contributed by atoms with Gasteiger partial charge in [-0.15, -0.1) is 0 Å². The SMILES string of the molecule is CCCCCCC1CCC1.C[P](C)=O. The van der Waals surface area contributed by atoms with Crippen LogP contribution in [0.3, 0.4) is 0 Å². The van der Waals surface area contributed by atoms with Gasteiger partial charge in [0, 0.05) is 13.3 Å². The summed E-state index contributed by atoms with van der Waals surface area (Å²) < 4.78 is 9.59. The Morgan fingerprint density at radius 2 is 1.71 bits per heavy atom. The summed E-state index contributed by atoms with van der Waals surface area (Å²) in [4.78, 5) is 0. The molecular weight excluding hydrogens is 191 g/mol. The third kappa shape index (κ3) is 10.2. The lowest BCUT2D eigenvalue weighted by Gasteiger charge is -2.24. The topological polar surface area (TPSA) is 17.1 Å². The van der Waals surface area contributed by atoms with Gasteiger partial charge in [0.2, 0.25) is 0 Å². The first kappa shape index (κ1) is 14.1. The van der Waals surface area contributed by atoms with E-state index in [0.29, 0.717) is 0 Å².